The lowest BCUT2D eigenvalue weighted by molar-refractivity contribution is 0.103. The zero-order valence-electron chi connectivity index (χ0n) is 14.9. The van der Waals surface area contributed by atoms with Gasteiger partial charge in [-0.25, -0.2) is 13.4 Å². The van der Waals surface area contributed by atoms with Gasteiger partial charge in [0.25, 0.3) is 10.0 Å². The summed E-state index contributed by atoms with van der Waals surface area (Å²) in [5.74, 6) is -0.466. The van der Waals surface area contributed by atoms with Gasteiger partial charge in [-0.1, -0.05) is 23.2 Å². The SMILES string of the molecule is Cc1cc(S(=O)(=O)Nc2cc(Cl)cnc2C(=O)c2cccnc2C)ccc1Cl. The number of nitrogens with one attached hydrogen (secondary N) is 1. The van der Waals surface area contributed by atoms with E-state index in [0.29, 0.717) is 21.8 Å². The summed E-state index contributed by atoms with van der Waals surface area (Å²) in [4.78, 5) is 21.1. The molecule has 2 heterocycles. The maximum Gasteiger partial charge on any atom is 0.261 e. The van der Waals surface area contributed by atoms with Crippen molar-refractivity contribution >= 4 is 44.7 Å². The summed E-state index contributed by atoms with van der Waals surface area (Å²) < 4.78 is 28.0. The summed E-state index contributed by atoms with van der Waals surface area (Å²) in [7, 11) is -3.99. The monoisotopic (exact) mass is 435 g/mol. The van der Waals surface area contributed by atoms with Crippen molar-refractivity contribution in [2.24, 2.45) is 0 Å². The van der Waals surface area contributed by atoms with Gasteiger partial charge in [0, 0.05) is 28.7 Å². The summed E-state index contributed by atoms with van der Waals surface area (Å²) >= 11 is 11.9. The molecule has 0 saturated carbocycles. The van der Waals surface area contributed by atoms with Crippen LogP contribution < -0.4 is 4.72 Å². The topological polar surface area (TPSA) is 89.0 Å². The zero-order valence-corrected chi connectivity index (χ0v) is 17.2. The molecule has 0 aliphatic carbocycles. The first-order valence-corrected chi connectivity index (χ1v) is 10.3. The highest BCUT2D eigenvalue weighted by molar-refractivity contribution is 7.92. The van der Waals surface area contributed by atoms with Crippen molar-refractivity contribution in [3.8, 4) is 0 Å². The van der Waals surface area contributed by atoms with Crippen LogP contribution >= 0.6 is 23.2 Å². The molecule has 0 aliphatic heterocycles. The summed E-state index contributed by atoms with van der Waals surface area (Å²) in [6, 6.07) is 8.87. The van der Waals surface area contributed by atoms with E-state index in [0.717, 1.165) is 0 Å². The Morgan fingerprint density at radius 3 is 2.50 bits per heavy atom. The molecule has 0 aliphatic rings. The summed E-state index contributed by atoms with van der Waals surface area (Å²) in [6.45, 7) is 3.38. The van der Waals surface area contributed by atoms with Gasteiger partial charge in [0.15, 0.2) is 0 Å². The molecule has 1 N–H and O–H groups in total. The standard InChI is InChI=1S/C19H15Cl2N3O3S/c1-11-8-14(5-6-16(11)21)28(26,27)24-17-9-13(20)10-23-18(17)19(25)15-4-3-7-22-12(15)2/h3-10,24H,1-2H3. The zero-order chi connectivity index (χ0) is 20.5. The van der Waals surface area contributed by atoms with Crippen molar-refractivity contribution < 1.29 is 13.2 Å². The highest BCUT2D eigenvalue weighted by Gasteiger charge is 2.23. The van der Waals surface area contributed by atoms with Crippen LogP contribution in [0.15, 0.2) is 53.7 Å². The molecule has 0 atom stereocenters. The molecular formula is C19H15Cl2N3O3S. The molecule has 0 fully saturated rings. The summed E-state index contributed by atoms with van der Waals surface area (Å²) in [5, 5.41) is 0.635. The molecule has 144 valence electrons. The van der Waals surface area contributed by atoms with Crippen LogP contribution in [0.5, 0.6) is 0 Å². The Hall–Kier alpha value is -2.48. The minimum Gasteiger partial charge on any atom is -0.287 e. The van der Waals surface area contributed by atoms with Gasteiger partial charge >= 0.3 is 0 Å². The first-order chi connectivity index (χ1) is 13.2. The molecule has 0 amide bonds. The molecule has 3 rings (SSSR count). The van der Waals surface area contributed by atoms with Crippen LogP contribution in [0.1, 0.15) is 27.3 Å². The van der Waals surface area contributed by atoms with Gasteiger partial charge in [0.05, 0.1) is 15.6 Å². The van der Waals surface area contributed by atoms with Gasteiger partial charge in [-0.15, -0.1) is 0 Å². The number of rotatable bonds is 5. The van der Waals surface area contributed by atoms with Crippen LogP contribution in [0, 0.1) is 13.8 Å². The second-order valence-electron chi connectivity index (χ2n) is 6.03. The lowest BCUT2D eigenvalue weighted by Crippen LogP contribution is -2.17. The van der Waals surface area contributed by atoms with E-state index in [1.165, 1.54) is 30.5 Å². The maximum absolute atomic E-state index is 12.9. The number of halogens is 2. The number of sulfonamides is 1. The van der Waals surface area contributed by atoms with E-state index >= 15 is 0 Å². The van der Waals surface area contributed by atoms with Crippen molar-refractivity contribution in [2.75, 3.05) is 4.72 Å². The van der Waals surface area contributed by atoms with Crippen LogP contribution in [-0.4, -0.2) is 24.2 Å². The number of aryl methyl sites for hydroxylation is 2. The van der Waals surface area contributed by atoms with Crippen LogP contribution in [0.25, 0.3) is 0 Å². The van der Waals surface area contributed by atoms with E-state index in [4.69, 9.17) is 23.2 Å². The van der Waals surface area contributed by atoms with E-state index < -0.39 is 15.8 Å². The second kappa shape index (κ2) is 7.87. The molecule has 0 bridgehead atoms. The molecule has 0 spiro atoms. The summed E-state index contributed by atoms with van der Waals surface area (Å²) in [5.41, 5.74) is 1.34. The molecule has 1 aromatic carbocycles. The van der Waals surface area contributed by atoms with Gasteiger partial charge in [-0.3, -0.25) is 14.5 Å². The molecule has 0 radical (unpaired) electrons. The number of carbonyl (C=O) groups excluding carboxylic acids is 1. The Morgan fingerprint density at radius 2 is 1.82 bits per heavy atom. The Balaban J connectivity index is 2.05. The normalized spacial score (nSPS) is 11.3. The fourth-order valence-corrected chi connectivity index (χ4v) is 3.96. The van der Waals surface area contributed by atoms with Gasteiger partial charge in [0.2, 0.25) is 5.78 Å². The molecule has 2 aromatic heterocycles. The lowest BCUT2D eigenvalue weighted by atomic mass is 10.1. The van der Waals surface area contributed by atoms with Crippen LogP contribution in [-0.2, 0) is 10.0 Å². The van der Waals surface area contributed by atoms with Crippen molar-refractivity contribution in [3.05, 3.63) is 81.4 Å². The molecule has 28 heavy (non-hydrogen) atoms. The number of anilines is 1. The number of aromatic nitrogens is 2. The van der Waals surface area contributed by atoms with Gasteiger partial charge in [0.1, 0.15) is 5.69 Å². The van der Waals surface area contributed by atoms with Crippen LogP contribution in [0.3, 0.4) is 0 Å². The molecule has 9 heteroatoms. The minimum atomic E-state index is -3.99. The third-order valence-electron chi connectivity index (χ3n) is 4.00. The third kappa shape index (κ3) is 4.16. The average Bonchev–Trinajstić information content (AvgIpc) is 2.63. The molecule has 3 aromatic rings. The predicted octanol–water partition coefficient (Wildman–Crippen LogP) is 4.43. The molecule has 0 unspecified atom stereocenters. The Morgan fingerprint density at radius 1 is 1.07 bits per heavy atom. The number of benzene rings is 1. The summed E-state index contributed by atoms with van der Waals surface area (Å²) in [6.07, 6.45) is 2.85. The molecule has 0 saturated heterocycles. The maximum atomic E-state index is 12.9. The smallest absolute Gasteiger partial charge is 0.261 e. The average molecular weight is 436 g/mol. The van der Waals surface area contributed by atoms with E-state index in [2.05, 4.69) is 14.7 Å². The van der Waals surface area contributed by atoms with Crippen LogP contribution in [0.4, 0.5) is 5.69 Å². The highest BCUT2D eigenvalue weighted by atomic mass is 35.5. The van der Waals surface area contributed by atoms with Gasteiger partial charge in [-0.05, 0) is 55.8 Å². The minimum absolute atomic E-state index is 0.00494. The van der Waals surface area contributed by atoms with Gasteiger partial charge in [-0.2, -0.15) is 0 Å². The van der Waals surface area contributed by atoms with E-state index in [-0.39, 0.29) is 21.3 Å². The number of hydrogen-bond donors (Lipinski definition) is 1. The number of ketones is 1. The number of pyridine rings is 2. The van der Waals surface area contributed by atoms with E-state index in [9.17, 15) is 13.2 Å². The number of carbonyl (C=O) groups is 1. The van der Waals surface area contributed by atoms with Crippen molar-refractivity contribution in [2.45, 2.75) is 18.7 Å². The molecule has 6 nitrogen and oxygen atoms in total. The Kier molecular flexibility index (Phi) is 5.69. The fraction of sp³-hybridized carbons (Fsp3) is 0.105. The van der Waals surface area contributed by atoms with Crippen molar-refractivity contribution in [1.29, 1.82) is 0 Å². The lowest BCUT2D eigenvalue weighted by Gasteiger charge is -2.13. The molecular weight excluding hydrogens is 421 g/mol. The first kappa shape index (κ1) is 20.3. The predicted molar refractivity (Wildman–Crippen MR) is 109 cm³/mol. The van der Waals surface area contributed by atoms with Gasteiger partial charge < -0.3 is 0 Å². The number of nitrogens with zero attached hydrogens (tertiary/aromatic N) is 2. The van der Waals surface area contributed by atoms with Crippen molar-refractivity contribution in [3.63, 3.8) is 0 Å². The van der Waals surface area contributed by atoms with Crippen LogP contribution in [0.2, 0.25) is 10.0 Å². The largest absolute Gasteiger partial charge is 0.287 e. The first-order valence-electron chi connectivity index (χ1n) is 8.10. The van der Waals surface area contributed by atoms with E-state index in [1.807, 2.05) is 0 Å². The van der Waals surface area contributed by atoms with E-state index in [1.54, 1.807) is 32.2 Å². The second-order valence-corrected chi connectivity index (χ2v) is 8.56. The van der Waals surface area contributed by atoms with Crippen molar-refractivity contribution in [1.82, 2.24) is 9.97 Å². The Bertz CT molecular complexity index is 1180. The quantitative estimate of drug-likeness (QED) is 0.598. The third-order valence-corrected chi connectivity index (χ3v) is 6.00. The Labute approximate surface area is 172 Å². The highest BCUT2D eigenvalue weighted by Crippen LogP contribution is 2.26. The fourth-order valence-electron chi connectivity index (χ4n) is 2.54. The number of hydrogen-bond acceptors (Lipinski definition) is 5.